The number of hydrogen-bond donors (Lipinski definition) is 0. The van der Waals surface area contributed by atoms with Gasteiger partial charge in [0.25, 0.3) is 0 Å². The quantitative estimate of drug-likeness (QED) is 0.395. The van der Waals surface area contributed by atoms with Gasteiger partial charge in [-0.1, -0.05) is 18.1 Å². The summed E-state index contributed by atoms with van der Waals surface area (Å²) in [6, 6.07) is 3.95. The van der Waals surface area contributed by atoms with Crippen LogP contribution in [0.25, 0.3) is 10.4 Å². The van der Waals surface area contributed by atoms with Gasteiger partial charge in [0.15, 0.2) is 0 Å². The van der Waals surface area contributed by atoms with E-state index in [0.29, 0.717) is 12.5 Å². The molecule has 0 fully saturated rings. The molecule has 1 aromatic rings. The first-order chi connectivity index (χ1) is 6.34. The standard InChI is InChI=1S/C9H12N4/c1-8(4-6-12-13-10)9-3-2-5-11-7-9/h2-3,5,7-8H,4,6H2,1H3. The first-order valence-electron chi connectivity index (χ1n) is 4.25. The lowest BCUT2D eigenvalue weighted by molar-refractivity contribution is 0.685. The predicted octanol–water partition coefficient (Wildman–Crippen LogP) is 2.89. The summed E-state index contributed by atoms with van der Waals surface area (Å²) >= 11 is 0. The van der Waals surface area contributed by atoms with Crippen molar-refractivity contribution in [2.24, 2.45) is 5.11 Å². The number of rotatable bonds is 4. The summed E-state index contributed by atoms with van der Waals surface area (Å²) in [5.74, 6) is 0.402. The average Bonchev–Trinajstić information content (AvgIpc) is 2.19. The molecule has 1 heterocycles. The number of aromatic nitrogens is 1. The number of azide groups is 1. The molecule has 0 aliphatic heterocycles. The Morgan fingerprint density at radius 2 is 2.54 bits per heavy atom. The second-order valence-electron chi connectivity index (χ2n) is 2.93. The van der Waals surface area contributed by atoms with Crippen LogP contribution in [0, 0.1) is 0 Å². The first-order valence-corrected chi connectivity index (χ1v) is 4.25. The van der Waals surface area contributed by atoms with Crippen molar-refractivity contribution >= 4 is 0 Å². The average molecular weight is 176 g/mol. The molecule has 0 amide bonds. The van der Waals surface area contributed by atoms with Crippen LogP contribution in [0.5, 0.6) is 0 Å². The summed E-state index contributed by atoms with van der Waals surface area (Å²) < 4.78 is 0. The van der Waals surface area contributed by atoms with Gasteiger partial charge in [-0.2, -0.15) is 0 Å². The number of pyridine rings is 1. The van der Waals surface area contributed by atoms with Gasteiger partial charge in [-0.15, -0.1) is 0 Å². The van der Waals surface area contributed by atoms with Crippen molar-refractivity contribution < 1.29 is 0 Å². The lowest BCUT2D eigenvalue weighted by atomic mass is 10.00. The summed E-state index contributed by atoms with van der Waals surface area (Å²) in [7, 11) is 0. The highest BCUT2D eigenvalue weighted by Crippen LogP contribution is 2.16. The molecule has 0 saturated heterocycles. The Balaban J connectivity index is 2.48. The SMILES string of the molecule is CC(CCN=[N+]=[N-])c1cccnc1. The molecular weight excluding hydrogens is 164 g/mol. The van der Waals surface area contributed by atoms with Gasteiger partial charge in [-0.05, 0) is 29.5 Å². The van der Waals surface area contributed by atoms with Gasteiger partial charge in [-0.3, -0.25) is 4.98 Å². The van der Waals surface area contributed by atoms with E-state index in [2.05, 4.69) is 21.9 Å². The second-order valence-corrected chi connectivity index (χ2v) is 2.93. The number of nitrogens with zero attached hydrogens (tertiary/aromatic N) is 4. The molecule has 0 aromatic carbocycles. The van der Waals surface area contributed by atoms with E-state index in [9.17, 15) is 0 Å². The zero-order valence-corrected chi connectivity index (χ0v) is 7.59. The second kappa shape index (κ2) is 5.17. The number of hydrogen-bond acceptors (Lipinski definition) is 2. The summed E-state index contributed by atoms with van der Waals surface area (Å²) in [6.45, 7) is 2.65. The largest absolute Gasteiger partial charge is 0.264 e. The van der Waals surface area contributed by atoms with Gasteiger partial charge >= 0.3 is 0 Å². The maximum absolute atomic E-state index is 8.10. The first kappa shape index (κ1) is 9.55. The van der Waals surface area contributed by atoms with E-state index in [4.69, 9.17) is 5.53 Å². The zero-order valence-electron chi connectivity index (χ0n) is 7.59. The molecule has 0 spiro atoms. The maximum atomic E-state index is 8.10. The van der Waals surface area contributed by atoms with Crippen LogP contribution in [0.3, 0.4) is 0 Å². The Bertz CT molecular complexity index is 290. The van der Waals surface area contributed by atoms with Crippen molar-refractivity contribution in [3.8, 4) is 0 Å². The smallest absolute Gasteiger partial charge is 0.0302 e. The van der Waals surface area contributed by atoms with Crippen LogP contribution < -0.4 is 0 Å². The molecular formula is C9H12N4. The van der Waals surface area contributed by atoms with E-state index >= 15 is 0 Å². The Morgan fingerprint density at radius 3 is 3.15 bits per heavy atom. The van der Waals surface area contributed by atoms with E-state index in [0.717, 1.165) is 6.42 Å². The minimum atomic E-state index is 0.402. The fraction of sp³-hybridized carbons (Fsp3) is 0.444. The highest BCUT2D eigenvalue weighted by molar-refractivity contribution is 5.13. The fourth-order valence-corrected chi connectivity index (χ4v) is 1.13. The molecule has 0 radical (unpaired) electrons. The van der Waals surface area contributed by atoms with Crippen LogP contribution >= 0.6 is 0 Å². The van der Waals surface area contributed by atoms with Gasteiger partial charge < -0.3 is 0 Å². The predicted molar refractivity (Wildman–Crippen MR) is 51.3 cm³/mol. The van der Waals surface area contributed by atoms with E-state index in [-0.39, 0.29) is 0 Å². The van der Waals surface area contributed by atoms with Crippen LogP contribution in [0.15, 0.2) is 29.6 Å². The zero-order chi connectivity index (χ0) is 9.52. The molecule has 13 heavy (non-hydrogen) atoms. The Kier molecular flexibility index (Phi) is 3.79. The topological polar surface area (TPSA) is 61.7 Å². The molecule has 68 valence electrons. The normalized spacial score (nSPS) is 11.8. The molecule has 0 N–H and O–H groups in total. The van der Waals surface area contributed by atoms with Crippen molar-refractivity contribution in [3.05, 3.63) is 40.5 Å². The van der Waals surface area contributed by atoms with E-state index < -0.39 is 0 Å². The van der Waals surface area contributed by atoms with Gasteiger partial charge in [-0.25, -0.2) is 0 Å². The van der Waals surface area contributed by atoms with Crippen LogP contribution in [0.2, 0.25) is 0 Å². The van der Waals surface area contributed by atoms with E-state index in [1.165, 1.54) is 5.56 Å². The van der Waals surface area contributed by atoms with Crippen molar-refractivity contribution in [3.63, 3.8) is 0 Å². The van der Waals surface area contributed by atoms with Crippen LogP contribution in [0.1, 0.15) is 24.8 Å². The van der Waals surface area contributed by atoms with Crippen LogP contribution in [-0.2, 0) is 0 Å². The third kappa shape index (κ3) is 3.13. The molecule has 4 heteroatoms. The van der Waals surface area contributed by atoms with Crippen molar-refractivity contribution in [2.75, 3.05) is 6.54 Å². The van der Waals surface area contributed by atoms with Crippen LogP contribution in [-0.4, -0.2) is 11.5 Å². The van der Waals surface area contributed by atoms with Gasteiger partial charge in [0.05, 0.1) is 0 Å². The molecule has 1 aromatic heterocycles. The monoisotopic (exact) mass is 176 g/mol. The molecule has 0 aliphatic rings. The highest BCUT2D eigenvalue weighted by Gasteiger charge is 2.03. The third-order valence-corrected chi connectivity index (χ3v) is 1.98. The lowest BCUT2D eigenvalue weighted by Gasteiger charge is -2.08. The van der Waals surface area contributed by atoms with E-state index in [1.807, 2.05) is 18.3 Å². The highest BCUT2D eigenvalue weighted by atomic mass is 15.1. The Labute approximate surface area is 77.2 Å². The van der Waals surface area contributed by atoms with Gasteiger partial charge in [0.2, 0.25) is 0 Å². The summed E-state index contributed by atoms with van der Waals surface area (Å²) in [5, 5.41) is 3.50. The molecule has 1 atom stereocenters. The minimum absolute atomic E-state index is 0.402. The van der Waals surface area contributed by atoms with Crippen molar-refractivity contribution in [2.45, 2.75) is 19.3 Å². The molecule has 1 rings (SSSR count). The molecule has 0 aliphatic carbocycles. The molecule has 1 unspecified atom stereocenters. The third-order valence-electron chi connectivity index (χ3n) is 1.98. The summed E-state index contributed by atoms with van der Waals surface area (Å²) in [5.41, 5.74) is 9.29. The summed E-state index contributed by atoms with van der Waals surface area (Å²) in [6.07, 6.45) is 4.47. The van der Waals surface area contributed by atoms with E-state index in [1.54, 1.807) is 6.20 Å². The maximum Gasteiger partial charge on any atom is 0.0302 e. The van der Waals surface area contributed by atoms with Crippen molar-refractivity contribution in [1.82, 2.24) is 4.98 Å². The minimum Gasteiger partial charge on any atom is -0.264 e. The van der Waals surface area contributed by atoms with Crippen molar-refractivity contribution in [1.29, 1.82) is 0 Å². The van der Waals surface area contributed by atoms with Gasteiger partial charge in [0, 0.05) is 23.9 Å². The van der Waals surface area contributed by atoms with Crippen LogP contribution in [0.4, 0.5) is 0 Å². The molecule has 0 bridgehead atoms. The van der Waals surface area contributed by atoms with Gasteiger partial charge in [0.1, 0.15) is 0 Å². The fourth-order valence-electron chi connectivity index (χ4n) is 1.13. The lowest BCUT2D eigenvalue weighted by Crippen LogP contribution is -1.95. The molecule has 4 nitrogen and oxygen atoms in total. The Morgan fingerprint density at radius 1 is 1.69 bits per heavy atom. The molecule has 0 saturated carbocycles. The summed E-state index contributed by atoms with van der Waals surface area (Å²) in [4.78, 5) is 6.74. The Hall–Kier alpha value is -1.54.